The first-order valence-corrected chi connectivity index (χ1v) is 8.07. The summed E-state index contributed by atoms with van der Waals surface area (Å²) in [5.74, 6) is -0.945. The Balaban J connectivity index is 2.09. The lowest BCUT2D eigenvalue weighted by molar-refractivity contribution is -0.137. The van der Waals surface area contributed by atoms with Gasteiger partial charge in [0, 0.05) is 16.6 Å². The van der Waals surface area contributed by atoms with Gasteiger partial charge in [-0.3, -0.25) is 13.9 Å². The summed E-state index contributed by atoms with van der Waals surface area (Å²) in [5, 5.41) is 9.90. The molecule has 0 amide bonds. The Hall–Kier alpha value is -2.24. The summed E-state index contributed by atoms with van der Waals surface area (Å²) in [6, 6.07) is 12.4. The van der Waals surface area contributed by atoms with Gasteiger partial charge in [0.1, 0.15) is 0 Å². The third-order valence-corrected chi connectivity index (χ3v) is 4.40. The smallest absolute Gasteiger partial charge is 0.329 e. The first-order chi connectivity index (χ1) is 11.5. The molecule has 0 aliphatic rings. The van der Waals surface area contributed by atoms with Crippen molar-refractivity contribution in [1.29, 1.82) is 0 Å². The molecule has 7 heteroatoms. The third-order valence-electron chi connectivity index (χ3n) is 3.82. The number of hydrogen-bond acceptors (Lipinski definition) is 2. The summed E-state index contributed by atoms with van der Waals surface area (Å²) in [7, 11) is 0. The molecular formula is C17H14Cl2N2O3. The first-order valence-electron chi connectivity index (χ1n) is 7.31. The van der Waals surface area contributed by atoms with Crippen LogP contribution in [0.5, 0.6) is 0 Å². The summed E-state index contributed by atoms with van der Waals surface area (Å²) in [4.78, 5) is 23.6. The van der Waals surface area contributed by atoms with Crippen molar-refractivity contribution < 1.29 is 9.90 Å². The van der Waals surface area contributed by atoms with Gasteiger partial charge in [-0.2, -0.15) is 0 Å². The molecule has 24 heavy (non-hydrogen) atoms. The molecule has 0 unspecified atom stereocenters. The zero-order valence-corrected chi connectivity index (χ0v) is 14.1. The number of carboxylic acids is 1. The zero-order chi connectivity index (χ0) is 17.3. The topological polar surface area (TPSA) is 64.2 Å². The second-order valence-corrected chi connectivity index (χ2v) is 6.23. The standard InChI is InChI=1S/C17H14Cl2N2O3/c18-12-6-5-11(13(19)9-12)10-21-15-4-2-1-3-14(15)20(17(21)24)8-7-16(22)23/h1-6,9H,7-8,10H2,(H,22,23). The third kappa shape index (κ3) is 3.18. The number of para-hydroxylation sites is 2. The normalized spacial score (nSPS) is 11.1. The molecule has 0 atom stereocenters. The molecule has 0 fully saturated rings. The van der Waals surface area contributed by atoms with E-state index in [2.05, 4.69) is 0 Å². The van der Waals surface area contributed by atoms with E-state index in [4.69, 9.17) is 28.3 Å². The Kier molecular flexibility index (Phi) is 4.64. The maximum atomic E-state index is 12.7. The van der Waals surface area contributed by atoms with E-state index in [1.54, 1.807) is 28.8 Å². The molecule has 2 aromatic carbocycles. The van der Waals surface area contributed by atoms with Gasteiger partial charge in [0.25, 0.3) is 0 Å². The molecule has 0 aliphatic heterocycles. The molecule has 1 heterocycles. The molecule has 0 saturated heterocycles. The first kappa shape index (κ1) is 16.6. The lowest BCUT2D eigenvalue weighted by Gasteiger charge is -2.06. The molecule has 0 spiro atoms. The summed E-state index contributed by atoms with van der Waals surface area (Å²) in [5.41, 5.74) is 1.94. The maximum Gasteiger partial charge on any atom is 0.329 e. The highest BCUT2D eigenvalue weighted by Crippen LogP contribution is 2.23. The summed E-state index contributed by atoms with van der Waals surface area (Å²) >= 11 is 12.1. The van der Waals surface area contributed by atoms with Crippen LogP contribution in [0.2, 0.25) is 10.0 Å². The molecule has 124 valence electrons. The molecule has 1 N–H and O–H groups in total. The van der Waals surface area contributed by atoms with Gasteiger partial charge < -0.3 is 5.11 Å². The summed E-state index contributed by atoms with van der Waals surface area (Å²) in [6.45, 7) is 0.408. The van der Waals surface area contributed by atoms with E-state index in [0.29, 0.717) is 15.6 Å². The maximum absolute atomic E-state index is 12.7. The van der Waals surface area contributed by atoms with Gasteiger partial charge in [-0.1, -0.05) is 41.4 Å². The van der Waals surface area contributed by atoms with Crippen molar-refractivity contribution in [2.24, 2.45) is 0 Å². The van der Waals surface area contributed by atoms with Crippen molar-refractivity contribution in [2.75, 3.05) is 0 Å². The van der Waals surface area contributed by atoms with Crippen molar-refractivity contribution in [3.63, 3.8) is 0 Å². The monoisotopic (exact) mass is 364 g/mol. The van der Waals surface area contributed by atoms with Crippen LogP contribution in [0.3, 0.4) is 0 Å². The molecule has 3 aromatic rings. The van der Waals surface area contributed by atoms with Gasteiger partial charge in [0.15, 0.2) is 0 Å². The fraction of sp³-hybridized carbons (Fsp3) is 0.176. The van der Waals surface area contributed by atoms with Crippen LogP contribution in [-0.4, -0.2) is 20.2 Å². The Morgan fingerprint density at radius 1 is 1.04 bits per heavy atom. The predicted octanol–water partition coefficient (Wildman–Crippen LogP) is 3.63. The van der Waals surface area contributed by atoms with Crippen molar-refractivity contribution in [1.82, 2.24) is 9.13 Å². The van der Waals surface area contributed by atoms with Crippen LogP contribution in [0, 0.1) is 0 Å². The molecule has 3 rings (SSSR count). The lowest BCUT2D eigenvalue weighted by Crippen LogP contribution is -2.25. The highest BCUT2D eigenvalue weighted by molar-refractivity contribution is 6.35. The van der Waals surface area contributed by atoms with E-state index >= 15 is 0 Å². The molecule has 5 nitrogen and oxygen atoms in total. The van der Waals surface area contributed by atoms with E-state index in [0.717, 1.165) is 11.1 Å². The van der Waals surface area contributed by atoms with E-state index in [1.807, 2.05) is 18.2 Å². The number of benzene rings is 2. The molecule has 0 saturated carbocycles. The Morgan fingerprint density at radius 2 is 1.71 bits per heavy atom. The van der Waals surface area contributed by atoms with E-state index < -0.39 is 5.97 Å². The second-order valence-electron chi connectivity index (χ2n) is 5.39. The van der Waals surface area contributed by atoms with Crippen LogP contribution >= 0.6 is 23.2 Å². The van der Waals surface area contributed by atoms with E-state index in [9.17, 15) is 9.59 Å². The van der Waals surface area contributed by atoms with E-state index in [1.165, 1.54) is 4.57 Å². The zero-order valence-electron chi connectivity index (χ0n) is 12.6. The minimum Gasteiger partial charge on any atom is -0.481 e. The molecule has 0 bridgehead atoms. The van der Waals surface area contributed by atoms with Gasteiger partial charge >= 0.3 is 11.7 Å². The van der Waals surface area contributed by atoms with Crippen LogP contribution in [0.15, 0.2) is 47.3 Å². The highest BCUT2D eigenvalue weighted by Gasteiger charge is 2.15. The fourth-order valence-corrected chi connectivity index (χ4v) is 3.14. The lowest BCUT2D eigenvalue weighted by atomic mass is 10.2. The minimum absolute atomic E-state index is 0.115. The number of aryl methyl sites for hydroxylation is 1. The van der Waals surface area contributed by atoms with Gasteiger partial charge in [-0.05, 0) is 29.8 Å². The number of rotatable bonds is 5. The number of hydrogen-bond donors (Lipinski definition) is 1. The van der Waals surface area contributed by atoms with Gasteiger partial charge in [-0.15, -0.1) is 0 Å². The van der Waals surface area contributed by atoms with Crippen molar-refractivity contribution in [3.05, 3.63) is 68.6 Å². The number of aromatic nitrogens is 2. The predicted molar refractivity (Wildman–Crippen MR) is 94.0 cm³/mol. The number of halogens is 2. The molecular weight excluding hydrogens is 351 g/mol. The highest BCUT2D eigenvalue weighted by atomic mass is 35.5. The largest absolute Gasteiger partial charge is 0.481 e. The average Bonchev–Trinajstić information content (AvgIpc) is 2.80. The number of fused-ring (bicyclic) bond motifs is 1. The van der Waals surface area contributed by atoms with Crippen LogP contribution in [0.25, 0.3) is 11.0 Å². The van der Waals surface area contributed by atoms with Crippen molar-refractivity contribution >= 4 is 40.2 Å². The Morgan fingerprint density at radius 3 is 2.33 bits per heavy atom. The number of aliphatic carboxylic acids is 1. The van der Waals surface area contributed by atoms with E-state index in [-0.39, 0.29) is 25.2 Å². The van der Waals surface area contributed by atoms with Crippen LogP contribution in [-0.2, 0) is 17.9 Å². The van der Waals surface area contributed by atoms with Crippen LogP contribution in [0.1, 0.15) is 12.0 Å². The second kappa shape index (κ2) is 6.71. The van der Waals surface area contributed by atoms with Gasteiger partial charge in [0.2, 0.25) is 0 Å². The van der Waals surface area contributed by atoms with Gasteiger partial charge in [-0.25, -0.2) is 4.79 Å². The Labute approximate surface area is 147 Å². The van der Waals surface area contributed by atoms with Crippen LogP contribution in [0.4, 0.5) is 0 Å². The SMILES string of the molecule is O=C(O)CCn1c(=O)n(Cc2ccc(Cl)cc2Cl)c2ccccc21. The molecule has 0 radical (unpaired) electrons. The number of imidazole rings is 1. The van der Waals surface area contributed by atoms with Crippen molar-refractivity contribution in [3.8, 4) is 0 Å². The minimum atomic E-state index is -0.945. The summed E-state index contributed by atoms with van der Waals surface area (Å²) < 4.78 is 3.07. The van der Waals surface area contributed by atoms with Crippen molar-refractivity contribution in [2.45, 2.75) is 19.5 Å². The average molecular weight is 365 g/mol. The number of carbonyl (C=O) groups is 1. The summed E-state index contributed by atoms with van der Waals surface area (Å²) in [6.07, 6.45) is -0.115. The molecule has 1 aromatic heterocycles. The Bertz CT molecular complexity index is 976. The number of nitrogens with zero attached hydrogens (tertiary/aromatic N) is 2. The quantitative estimate of drug-likeness (QED) is 0.751. The number of carboxylic acid groups (broad SMARTS) is 1. The molecule has 0 aliphatic carbocycles. The fourth-order valence-electron chi connectivity index (χ4n) is 2.67. The van der Waals surface area contributed by atoms with Crippen LogP contribution < -0.4 is 5.69 Å². The van der Waals surface area contributed by atoms with Gasteiger partial charge in [0.05, 0.1) is 24.0 Å².